The lowest BCUT2D eigenvalue weighted by Gasteiger charge is -2.07. The van der Waals surface area contributed by atoms with E-state index in [1.807, 2.05) is 6.92 Å². The zero-order chi connectivity index (χ0) is 17.0. The van der Waals surface area contributed by atoms with E-state index in [1.165, 1.54) is 12.1 Å². The summed E-state index contributed by atoms with van der Waals surface area (Å²) in [5.74, 6) is -1.33. The number of nitro groups is 1. The van der Waals surface area contributed by atoms with Gasteiger partial charge in [-0.1, -0.05) is 29.0 Å². The first-order valence-electron chi connectivity index (χ1n) is 6.34. The van der Waals surface area contributed by atoms with E-state index in [0.717, 1.165) is 5.56 Å². The predicted molar refractivity (Wildman–Crippen MR) is 86.1 cm³/mol. The molecule has 23 heavy (non-hydrogen) atoms. The van der Waals surface area contributed by atoms with Gasteiger partial charge in [0.05, 0.1) is 4.92 Å². The lowest BCUT2D eigenvalue weighted by atomic mass is 10.2. The van der Waals surface area contributed by atoms with Crippen LogP contribution in [0.4, 0.5) is 10.7 Å². The summed E-state index contributed by atoms with van der Waals surface area (Å²) in [5, 5.41) is 13.4. The molecule has 1 aromatic heterocycles. The Morgan fingerprint density at radius 1 is 1.35 bits per heavy atom. The smallest absolute Gasteiger partial charge is 0.349 e. The third kappa shape index (κ3) is 4.51. The Balaban J connectivity index is 1.89. The number of esters is 1. The highest BCUT2D eigenvalue weighted by atomic mass is 35.5. The van der Waals surface area contributed by atoms with Gasteiger partial charge in [0.25, 0.3) is 5.91 Å². The van der Waals surface area contributed by atoms with E-state index < -0.39 is 23.4 Å². The van der Waals surface area contributed by atoms with Crippen LogP contribution >= 0.6 is 22.9 Å². The van der Waals surface area contributed by atoms with Crippen LogP contribution in [0.5, 0.6) is 0 Å². The van der Waals surface area contributed by atoms with Crippen LogP contribution in [-0.4, -0.2) is 23.4 Å². The van der Waals surface area contributed by atoms with Gasteiger partial charge in [0.1, 0.15) is 4.88 Å². The second kappa shape index (κ2) is 7.21. The van der Waals surface area contributed by atoms with Gasteiger partial charge in [-0.05, 0) is 30.7 Å². The minimum atomic E-state index is -0.791. The summed E-state index contributed by atoms with van der Waals surface area (Å²) in [5.41, 5.74) is 1.35. The molecule has 9 heteroatoms. The van der Waals surface area contributed by atoms with E-state index in [1.54, 1.807) is 18.2 Å². The largest absolute Gasteiger partial charge is 0.451 e. The SMILES string of the molecule is Cc1ccc(NC(=O)COC(=O)c2ccc([N+](=O)[O-])s2)cc1Cl. The van der Waals surface area contributed by atoms with Gasteiger partial charge in [-0.15, -0.1) is 0 Å². The molecule has 1 N–H and O–H groups in total. The third-order valence-corrected chi connectivity index (χ3v) is 4.19. The monoisotopic (exact) mass is 354 g/mol. The van der Waals surface area contributed by atoms with E-state index in [0.29, 0.717) is 22.0 Å². The Hall–Kier alpha value is -2.45. The molecule has 0 saturated carbocycles. The van der Waals surface area contributed by atoms with Crippen LogP contribution in [0, 0.1) is 17.0 Å². The molecule has 0 atom stereocenters. The molecule has 1 amide bonds. The number of carbonyl (C=O) groups excluding carboxylic acids is 2. The lowest BCUT2D eigenvalue weighted by Crippen LogP contribution is -2.20. The quantitative estimate of drug-likeness (QED) is 0.504. The molecule has 7 nitrogen and oxygen atoms in total. The highest BCUT2D eigenvalue weighted by molar-refractivity contribution is 7.17. The molecule has 2 aromatic rings. The molecule has 0 fully saturated rings. The van der Waals surface area contributed by atoms with Crippen molar-refractivity contribution in [2.24, 2.45) is 0 Å². The number of aryl methyl sites for hydroxylation is 1. The van der Waals surface area contributed by atoms with Crippen molar-refractivity contribution >= 4 is 45.5 Å². The minimum Gasteiger partial charge on any atom is -0.451 e. The highest BCUT2D eigenvalue weighted by Gasteiger charge is 2.17. The summed E-state index contributed by atoms with van der Waals surface area (Å²) < 4.78 is 4.81. The topological polar surface area (TPSA) is 98.5 Å². The molecule has 0 bridgehead atoms. The first kappa shape index (κ1) is 16.9. The van der Waals surface area contributed by atoms with Gasteiger partial charge in [-0.2, -0.15) is 0 Å². The number of halogens is 1. The molecule has 0 spiro atoms. The number of benzene rings is 1. The van der Waals surface area contributed by atoms with E-state index in [4.69, 9.17) is 16.3 Å². The molecule has 0 unspecified atom stereocenters. The molecule has 0 saturated heterocycles. The van der Waals surface area contributed by atoms with Gasteiger partial charge < -0.3 is 10.1 Å². The van der Waals surface area contributed by atoms with Crippen LogP contribution in [0.3, 0.4) is 0 Å². The Labute approximate surface area is 140 Å². The number of nitrogens with one attached hydrogen (secondary N) is 1. The van der Waals surface area contributed by atoms with Crippen molar-refractivity contribution < 1.29 is 19.2 Å². The van der Waals surface area contributed by atoms with Crippen molar-refractivity contribution in [1.82, 2.24) is 0 Å². The van der Waals surface area contributed by atoms with Crippen molar-refractivity contribution in [3.63, 3.8) is 0 Å². The number of thiophene rings is 1. The first-order chi connectivity index (χ1) is 10.9. The van der Waals surface area contributed by atoms with Crippen LogP contribution in [0.25, 0.3) is 0 Å². The molecule has 0 aliphatic heterocycles. The number of carbonyl (C=O) groups is 2. The molecular weight excluding hydrogens is 344 g/mol. The van der Waals surface area contributed by atoms with Crippen molar-refractivity contribution in [2.75, 3.05) is 11.9 Å². The van der Waals surface area contributed by atoms with Crippen molar-refractivity contribution in [3.05, 3.63) is 55.9 Å². The van der Waals surface area contributed by atoms with Crippen molar-refractivity contribution in [3.8, 4) is 0 Å². The fraction of sp³-hybridized carbons (Fsp3) is 0.143. The van der Waals surface area contributed by atoms with Crippen LogP contribution in [0.15, 0.2) is 30.3 Å². The van der Waals surface area contributed by atoms with E-state index in [-0.39, 0.29) is 9.88 Å². The van der Waals surface area contributed by atoms with Gasteiger partial charge >= 0.3 is 11.0 Å². The predicted octanol–water partition coefficient (Wildman–Crippen LogP) is 3.41. The number of amides is 1. The van der Waals surface area contributed by atoms with Gasteiger partial charge in [0, 0.05) is 16.8 Å². The van der Waals surface area contributed by atoms with Crippen LogP contribution in [-0.2, 0) is 9.53 Å². The summed E-state index contributed by atoms with van der Waals surface area (Å²) in [7, 11) is 0. The van der Waals surface area contributed by atoms with Crippen LogP contribution < -0.4 is 5.32 Å². The number of ether oxygens (including phenoxy) is 1. The highest BCUT2D eigenvalue weighted by Crippen LogP contribution is 2.24. The second-order valence-electron chi connectivity index (χ2n) is 4.48. The normalized spacial score (nSPS) is 10.2. The Kier molecular flexibility index (Phi) is 5.30. The fourth-order valence-corrected chi connectivity index (χ4v) is 2.50. The number of hydrogen-bond donors (Lipinski definition) is 1. The summed E-state index contributed by atoms with van der Waals surface area (Å²) >= 11 is 6.63. The molecular formula is C14H11ClN2O5S. The number of hydrogen-bond acceptors (Lipinski definition) is 6. The number of anilines is 1. The first-order valence-corrected chi connectivity index (χ1v) is 7.53. The van der Waals surface area contributed by atoms with E-state index in [2.05, 4.69) is 5.32 Å². The number of nitrogens with zero attached hydrogens (tertiary/aromatic N) is 1. The fourth-order valence-electron chi connectivity index (χ4n) is 1.61. The maximum atomic E-state index is 11.7. The third-order valence-electron chi connectivity index (χ3n) is 2.76. The van der Waals surface area contributed by atoms with Gasteiger partial charge in [0.2, 0.25) is 0 Å². The maximum absolute atomic E-state index is 11.7. The number of rotatable bonds is 5. The van der Waals surface area contributed by atoms with Crippen LogP contribution in [0.1, 0.15) is 15.2 Å². The average Bonchev–Trinajstić information content (AvgIpc) is 2.99. The Bertz CT molecular complexity index is 774. The minimum absolute atomic E-state index is 0.0582. The van der Waals surface area contributed by atoms with Crippen molar-refractivity contribution in [1.29, 1.82) is 0 Å². The standard InChI is InChI=1S/C14H11ClN2O5S/c1-8-2-3-9(6-10(8)15)16-12(18)7-22-14(19)11-4-5-13(23-11)17(20)21/h2-6H,7H2,1H3,(H,16,18). The summed E-state index contributed by atoms with van der Waals surface area (Å²) in [6.45, 7) is 1.33. The maximum Gasteiger partial charge on any atom is 0.349 e. The molecule has 2 rings (SSSR count). The zero-order valence-corrected chi connectivity index (χ0v) is 13.4. The van der Waals surface area contributed by atoms with Crippen LogP contribution in [0.2, 0.25) is 5.02 Å². The second-order valence-corrected chi connectivity index (χ2v) is 5.95. The molecule has 120 valence electrons. The average molecular weight is 355 g/mol. The molecule has 0 aliphatic rings. The molecule has 1 heterocycles. The molecule has 1 aromatic carbocycles. The summed E-state index contributed by atoms with van der Waals surface area (Å²) in [6.07, 6.45) is 0. The molecule has 0 aliphatic carbocycles. The Morgan fingerprint density at radius 3 is 2.70 bits per heavy atom. The Morgan fingerprint density at radius 2 is 2.09 bits per heavy atom. The summed E-state index contributed by atoms with van der Waals surface area (Å²) in [4.78, 5) is 33.4. The van der Waals surface area contributed by atoms with Crippen molar-refractivity contribution in [2.45, 2.75) is 6.92 Å². The van der Waals surface area contributed by atoms with Gasteiger partial charge in [0.15, 0.2) is 6.61 Å². The zero-order valence-electron chi connectivity index (χ0n) is 11.9. The van der Waals surface area contributed by atoms with E-state index >= 15 is 0 Å². The van der Waals surface area contributed by atoms with E-state index in [9.17, 15) is 19.7 Å². The molecule has 0 radical (unpaired) electrons. The summed E-state index contributed by atoms with van der Waals surface area (Å²) in [6, 6.07) is 7.48. The van der Waals surface area contributed by atoms with Gasteiger partial charge in [-0.3, -0.25) is 14.9 Å². The van der Waals surface area contributed by atoms with Gasteiger partial charge in [-0.25, -0.2) is 4.79 Å². The lowest BCUT2D eigenvalue weighted by molar-refractivity contribution is -0.380.